The molecule has 0 bridgehead atoms. The van der Waals surface area contributed by atoms with Crippen LogP contribution in [0.3, 0.4) is 0 Å². The summed E-state index contributed by atoms with van der Waals surface area (Å²) in [5, 5.41) is 11.3. The number of carbonyl (C=O) groups is 3. The van der Waals surface area contributed by atoms with E-state index in [9.17, 15) is 14.4 Å². The normalized spacial score (nSPS) is 14.9. The van der Waals surface area contributed by atoms with Gasteiger partial charge >= 0.3 is 11.9 Å². The zero-order valence-corrected chi connectivity index (χ0v) is 12.6. The van der Waals surface area contributed by atoms with Crippen LogP contribution in [0.1, 0.15) is 18.1 Å². The summed E-state index contributed by atoms with van der Waals surface area (Å²) in [5.74, 6) is -1.32. The van der Waals surface area contributed by atoms with E-state index in [0.717, 1.165) is 6.08 Å². The minimum Gasteiger partial charge on any atom is -0.478 e. The third kappa shape index (κ3) is 4.89. The number of nitrogens with one attached hydrogen (secondary N) is 1. The zero-order chi connectivity index (χ0) is 16.8. The predicted molar refractivity (Wildman–Crippen MR) is 81.4 cm³/mol. The van der Waals surface area contributed by atoms with E-state index < -0.39 is 11.9 Å². The van der Waals surface area contributed by atoms with E-state index in [1.807, 2.05) is 0 Å². The van der Waals surface area contributed by atoms with Gasteiger partial charge in [-0.2, -0.15) is 0 Å². The molecule has 2 N–H and O–H groups in total. The van der Waals surface area contributed by atoms with Crippen molar-refractivity contribution in [2.45, 2.75) is 13.5 Å². The first kappa shape index (κ1) is 16.6. The Bertz CT molecular complexity index is 657. The first-order valence-corrected chi connectivity index (χ1v) is 7.05. The van der Waals surface area contributed by atoms with E-state index >= 15 is 0 Å². The number of ether oxygens (including phenoxy) is 1. The van der Waals surface area contributed by atoms with Gasteiger partial charge in [-0.05, 0) is 24.6 Å². The van der Waals surface area contributed by atoms with Crippen molar-refractivity contribution in [3.63, 3.8) is 0 Å². The summed E-state index contributed by atoms with van der Waals surface area (Å²) >= 11 is 0. The Morgan fingerprint density at radius 1 is 1.48 bits per heavy atom. The number of rotatable bonds is 5. The maximum Gasteiger partial charge on any atom is 0.328 e. The molecule has 0 aliphatic carbocycles. The zero-order valence-electron chi connectivity index (χ0n) is 12.6. The standard InChI is InChI=1S/C15H17N3O5/c1-2-23-14(22)9-18-7-11-5-10(3-4-13(20)21)6-16-15(11)17-12(19)8-18/h3-6H,2,7-9H2,1H3,(H,20,21)(H,16,17,19). The van der Waals surface area contributed by atoms with Crippen LogP contribution in [0.2, 0.25) is 0 Å². The number of fused-ring (bicyclic) bond motifs is 1. The molecule has 23 heavy (non-hydrogen) atoms. The third-order valence-corrected chi connectivity index (χ3v) is 3.08. The van der Waals surface area contributed by atoms with E-state index in [1.54, 1.807) is 17.9 Å². The number of esters is 1. The van der Waals surface area contributed by atoms with Crippen molar-refractivity contribution in [1.82, 2.24) is 9.88 Å². The molecule has 0 aromatic carbocycles. The highest BCUT2D eigenvalue weighted by Gasteiger charge is 2.22. The molecule has 0 fully saturated rings. The third-order valence-electron chi connectivity index (χ3n) is 3.08. The number of hydrogen-bond donors (Lipinski definition) is 2. The molecule has 1 aliphatic heterocycles. The van der Waals surface area contributed by atoms with Crippen molar-refractivity contribution in [1.29, 1.82) is 0 Å². The molecule has 0 saturated heterocycles. The molecule has 2 heterocycles. The average Bonchev–Trinajstić information content (AvgIpc) is 2.62. The van der Waals surface area contributed by atoms with Gasteiger partial charge in [-0.15, -0.1) is 0 Å². The van der Waals surface area contributed by atoms with E-state index in [-0.39, 0.29) is 25.6 Å². The Morgan fingerprint density at radius 3 is 2.96 bits per heavy atom. The number of anilines is 1. The Balaban J connectivity index is 2.20. The molecule has 0 radical (unpaired) electrons. The Labute approximate surface area is 132 Å². The van der Waals surface area contributed by atoms with Gasteiger partial charge in [-0.25, -0.2) is 9.78 Å². The molecule has 0 saturated carbocycles. The molecular weight excluding hydrogens is 302 g/mol. The highest BCUT2D eigenvalue weighted by Crippen LogP contribution is 2.20. The van der Waals surface area contributed by atoms with Crippen LogP contribution in [0.5, 0.6) is 0 Å². The van der Waals surface area contributed by atoms with Crippen LogP contribution in [0.25, 0.3) is 6.08 Å². The van der Waals surface area contributed by atoms with Gasteiger partial charge in [0, 0.05) is 24.4 Å². The summed E-state index contributed by atoms with van der Waals surface area (Å²) in [6.45, 7) is 2.37. The molecular formula is C15H17N3O5. The second-order valence-corrected chi connectivity index (χ2v) is 4.95. The molecule has 2 rings (SSSR count). The Kier molecular flexibility index (Phi) is 5.42. The van der Waals surface area contributed by atoms with Crippen LogP contribution in [0, 0.1) is 0 Å². The lowest BCUT2D eigenvalue weighted by Gasteiger charge is -2.17. The predicted octanol–water partition coefficient (Wildman–Crippen LogP) is 0.497. The number of pyridine rings is 1. The summed E-state index contributed by atoms with van der Waals surface area (Å²) in [5.41, 5.74) is 1.30. The maximum atomic E-state index is 11.9. The maximum absolute atomic E-state index is 11.9. The molecule has 1 amide bonds. The number of aliphatic carboxylic acids is 1. The number of carbonyl (C=O) groups excluding carboxylic acids is 2. The lowest BCUT2D eigenvalue weighted by molar-refractivity contribution is -0.144. The number of hydrogen-bond acceptors (Lipinski definition) is 6. The lowest BCUT2D eigenvalue weighted by Crippen LogP contribution is -2.35. The van der Waals surface area contributed by atoms with Crippen molar-refractivity contribution in [2.24, 2.45) is 0 Å². The minimum absolute atomic E-state index is 0.00407. The molecule has 0 unspecified atom stereocenters. The topological polar surface area (TPSA) is 109 Å². The number of aromatic nitrogens is 1. The summed E-state index contributed by atoms with van der Waals surface area (Å²) in [7, 11) is 0. The fraction of sp³-hybridized carbons (Fsp3) is 0.333. The van der Waals surface area contributed by atoms with E-state index in [1.165, 1.54) is 12.3 Å². The molecule has 1 aromatic heterocycles. The van der Waals surface area contributed by atoms with Crippen LogP contribution in [0.15, 0.2) is 18.3 Å². The van der Waals surface area contributed by atoms with Crippen molar-refractivity contribution in [3.8, 4) is 0 Å². The number of carboxylic acid groups (broad SMARTS) is 1. The van der Waals surface area contributed by atoms with Crippen molar-refractivity contribution < 1.29 is 24.2 Å². The fourth-order valence-corrected chi connectivity index (χ4v) is 2.19. The second-order valence-electron chi connectivity index (χ2n) is 4.95. The van der Waals surface area contributed by atoms with Crippen molar-refractivity contribution in [3.05, 3.63) is 29.5 Å². The van der Waals surface area contributed by atoms with Gasteiger partial charge in [0.25, 0.3) is 0 Å². The van der Waals surface area contributed by atoms with E-state index in [2.05, 4.69) is 10.3 Å². The number of nitrogens with zero attached hydrogens (tertiary/aromatic N) is 2. The van der Waals surface area contributed by atoms with Crippen LogP contribution in [-0.4, -0.2) is 52.5 Å². The van der Waals surface area contributed by atoms with Crippen LogP contribution in [0.4, 0.5) is 5.82 Å². The Morgan fingerprint density at radius 2 is 2.26 bits per heavy atom. The highest BCUT2D eigenvalue weighted by molar-refractivity contribution is 5.93. The second kappa shape index (κ2) is 7.50. The highest BCUT2D eigenvalue weighted by atomic mass is 16.5. The molecule has 122 valence electrons. The van der Waals surface area contributed by atoms with Crippen molar-refractivity contribution in [2.75, 3.05) is 25.0 Å². The summed E-state index contributed by atoms with van der Waals surface area (Å²) in [6, 6.07) is 1.73. The SMILES string of the molecule is CCOC(=O)CN1CC(=O)Nc2ncc(C=CC(=O)O)cc2C1. The first-order valence-electron chi connectivity index (χ1n) is 7.05. The number of carboxylic acids is 1. The minimum atomic E-state index is -1.06. The van der Waals surface area contributed by atoms with Gasteiger partial charge in [0.15, 0.2) is 0 Å². The Hall–Kier alpha value is -2.74. The lowest BCUT2D eigenvalue weighted by atomic mass is 10.1. The van der Waals surface area contributed by atoms with Crippen LogP contribution >= 0.6 is 0 Å². The quantitative estimate of drug-likeness (QED) is 0.600. The molecule has 1 aliphatic rings. The molecule has 8 heteroatoms. The molecule has 0 atom stereocenters. The van der Waals surface area contributed by atoms with E-state index in [0.29, 0.717) is 23.5 Å². The van der Waals surface area contributed by atoms with Crippen LogP contribution in [-0.2, 0) is 25.7 Å². The van der Waals surface area contributed by atoms with Gasteiger partial charge in [0.05, 0.1) is 19.7 Å². The van der Waals surface area contributed by atoms with Gasteiger partial charge in [0.1, 0.15) is 5.82 Å². The van der Waals surface area contributed by atoms with Gasteiger partial charge in [-0.3, -0.25) is 14.5 Å². The van der Waals surface area contributed by atoms with Gasteiger partial charge < -0.3 is 15.2 Å². The monoisotopic (exact) mass is 319 g/mol. The van der Waals surface area contributed by atoms with Gasteiger partial charge in [-0.1, -0.05) is 0 Å². The smallest absolute Gasteiger partial charge is 0.328 e. The largest absolute Gasteiger partial charge is 0.478 e. The summed E-state index contributed by atoms with van der Waals surface area (Å²) in [4.78, 5) is 39.8. The van der Waals surface area contributed by atoms with Crippen LogP contribution < -0.4 is 5.32 Å². The van der Waals surface area contributed by atoms with E-state index in [4.69, 9.17) is 9.84 Å². The summed E-state index contributed by atoms with van der Waals surface area (Å²) in [6.07, 6.45) is 3.90. The fourth-order valence-electron chi connectivity index (χ4n) is 2.19. The molecule has 8 nitrogen and oxygen atoms in total. The average molecular weight is 319 g/mol. The number of amides is 1. The van der Waals surface area contributed by atoms with Crippen molar-refractivity contribution >= 4 is 29.7 Å². The summed E-state index contributed by atoms with van der Waals surface area (Å²) < 4.78 is 4.89. The molecule has 1 aromatic rings. The molecule has 0 spiro atoms. The first-order chi connectivity index (χ1) is 11.0. The van der Waals surface area contributed by atoms with Gasteiger partial charge in [0.2, 0.25) is 5.91 Å².